The van der Waals surface area contributed by atoms with E-state index in [1.165, 1.54) is 0 Å². The summed E-state index contributed by atoms with van der Waals surface area (Å²) >= 11 is 0. The fourth-order valence-electron chi connectivity index (χ4n) is 5.44. The molecule has 1 atom stereocenters. The van der Waals surface area contributed by atoms with Crippen molar-refractivity contribution in [3.8, 4) is 5.75 Å². The highest BCUT2D eigenvalue weighted by molar-refractivity contribution is 5.97. The third kappa shape index (κ3) is 4.68. The molecule has 7 heteroatoms. The Hall–Kier alpha value is -3.58. The van der Waals surface area contributed by atoms with Crippen LogP contribution in [0.1, 0.15) is 42.4 Å². The van der Waals surface area contributed by atoms with E-state index >= 15 is 0 Å². The molecule has 7 nitrogen and oxygen atoms in total. The van der Waals surface area contributed by atoms with E-state index < -0.39 is 0 Å². The number of ether oxygens (including phenoxy) is 1. The maximum atomic E-state index is 13.6. The Morgan fingerprint density at radius 3 is 2.63 bits per heavy atom. The highest BCUT2D eigenvalue weighted by Gasteiger charge is 2.36. The molecule has 2 aliphatic rings. The highest BCUT2D eigenvalue weighted by Crippen LogP contribution is 2.37. The molecule has 1 saturated carbocycles. The van der Waals surface area contributed by atoms with E-state index in [-0.39, 0.29) is 29.9 Å². The zero-order valence-electron chi connectivity index (χ0n) is 20.1. The number of benzene rings is 3. The fourth-order valence-corrected chi connectivity index (χ4v) is 5.44. The first kappa shape index (κ1) is 23.2. The van der Waals surface area contributed by atoms with Crippen molar-refractivity contribution in [1.82, 2.24) is 5.32 Å². The van der Waals surface area contributed by atoms with Gasteiger partial charge >= 0.3 is 0 Å². The minimum Gasteiger partial charge on any atom is -0.497 e. The van der Waals surface area contributed by atoms with Gasteiger partial charge in [0.2, 0.25) is 5.91 Å². The number of anilines is 1. The largest absolute Gasteiger partial charge is 0.497 e. The Morgan fingerprint density at radius 1 is 1.11 bits per heavy atom. The number of nitrogen functional groups attached to an aromatic ring is 1. The minimum absolute atomic E-state index is 0.0195. The molecule has 0 radical (unpaired) electrons. The number of amidine groups is 1. The van der Waals surface area contributed by atoms with Crippen LogP contribution in [0, 0.1) is 5.41 Å². The van der Waals surface area contributed by atoms with Gasteiger partial charge in [0.1, 0.15) is 17.6 Å². The molecule has 5 rings (SSSR count). The molecule has 1 aliphatic carbocycles. The van der Waals surface area contributed by atoms with Gasteiger partial charge in [-0.15, -0.1) is 0 Å². The Kier molecular flexibility index (Phi) is 6.34. The van der Waals surface area contributed by atoms with Crippen LogP contribution < -0.4 is 26.4 Å². The molecule has 1 unspecified atom stereocenters. The van der Waals surface area contributed by atoms with Gasteiger partial charge in [-0.2, -0.15) is 0 Å². The third-order valence-electron chi connectivity index (χ3n) is 7.41. The van der Waals surface area contributed by atoms with Crippen LogP contribution in [0.5, 0.6) is 5.75 Å². The molecule has 1 fully saturated rings. The van der Waals surface area contributed by atoms with Crippen molar-refractivity contribution < 1.29 is 9.53 Å². The maximum absolute atomic E-state index is 13.6. The van der Waals surface area contributed by atoms with Gasteiger partial charge in [0, 0.05) is 36.3 Å². The van der Waals surface area contributed by atoms with Gasteiger partial charge < -0.3 is 26.4 Å². The molecular formula is C28H33N5O2. The molecule has 3 aromatic rings. The van der Waals surface area contributed by atoms with Gasteiger partial charge in [-0.1, -0.05) is 36.4 Å². The molecule has 35 heavy (non-hydrogen) atoms. The molecule has 1 aliphatic heterocycles. The second-order valence-electron chi connectivity index (χ2n) is 9.73. The van der Waals surface area contributed by atoms with Crippen LogP contribution in [0.2, 0.25) is 0 Å². The summed E-state index contributed by atoms with van der Waals surface area (Å²) in [5.74, 6) is 0.847. The van der Waals surface area contributed by atoms with E-state index in [1.54, 1.807) is 7.11 Å². The first-order valence-electron chi connectivity index (χ1n) is 12.3. The minimum atomic E-state index is -0.340. The number of amides is 1. The second-order valence-corrected chi connectivity index (χ2v) is 9.73. The number of hydrogen-bond donors (Lipinski definition) is 4. The van der Waals surface area contributed by atoms with Crippen molar-refractivity contribution in [2.24, 2.45) is 11.5 Å². The average molecular weight is 472 g/mol. The molecule has 0 spiro atoms. The zero-order valence-corrected chi connectivity index (χ0v) is 20.1. The predicted octanol–water partition coefficient (Wildman–Crippen LogP) is 3.45. The van der Waals surface area contributed by atoms with Crippen molar-refractivity contribution in [1.29, 1.82) is 5.41 Å². The van der Waals surface area contributed by atoms with E-state index in [0.717, 1.165) is 59.0 Å². The average Bonchev–Trinajstić information content (AvgIpc) is 3.23. The Morgan fingerprint density at radius 2 is 1.89 bits per heavy atom. The van der Waals surface area contributed by atoms with Crippen LogP contribution in [-0.4, -0.2) is 37.0 Å². The van der Waals surface area contributed by atoms with E-state index in [1.807, 2.05) is 42.5 Å². The SMILES string of the molecule is COc1cc(CN2c3cc(C(=N)N)ccc3CC2C(=O)NC2CCC(N)CC2)c2ccccc2c1. The maximum Gasteiger partial charge on any atom is 0.243 e. The number of hydrogen-bond acceptors (Lipinski definition) is 5. The summed E-state index contributed by atoms with van der Waals surface area (Å²) in [6.45, 7) is 0.541. The molecule has 0 bridgehead atoms. The van der Waals surface area contributed by atoms with Crippen LogP contribution in [-0.2, 0) is 17.8 Å². The fraction of sp³-hybridized carbons (Fsp3) is 0.357. The Labute approximate surface area is 205 Å². The number of carbonyl (C=O) groups is 1. The van der Waals surface area contributed by atoms with Gasteiger partial charge in [-0.05, 0) is 65.8 Å². The number of nitrogens with one attached hydrogen (secondary N) is 2. The van der Waals surface area contributed by atoms with Crippen molar-refractivity contribution in [3.05, 3.63) is 71.3 Å². The molecular weight excluding hydrogens is 438 g/mol. The Balaban J connectivity index is 1.50. The number of carbonyl (C=O) groups excluding carboxylic acids is 1. The van der Waals surface area contributed by atoms with E-state index in [4.69, 9.17) is 21.6 Å². The third-order valence-corrected chi connectivity index (χ3v) is 7.41. The zero-order chi connectivity index (χ0) is 24.5. The number of methoxy groups -OCH3 is 1. The molecule has 182 valence electrons. The van der Waals surface area contributed by atoms with Gasteiger partial charge in [-0.25, -0.2) is 0 Å². The summed E-state index contributed by atoms with van der Waals surface area (Å²) in [7, 11) is 1.67. The van der Waals surface area contributed by atoms with Crippen molar-refractivity contribution >= 4 is 28.2 Å². The second kappa shape index (κ2) is 9.58. The van der Waals surface area contributed by atoms with E-state index in [0.29, 0.717) is 18.5 Å². The van der Waals surface area contributed by atoms with Gasteiger partial charge in [0.05, 0.1) is 7.11 Å². The summed E-state index contributed by atoms with van der Waals surface area (Å²) in [5.41, 5.74) is 15.7. The number of nitrogens with two attached hydrogens (primary N) is 2. The lowest BCUT2D eigenvalue weighted by Crippen LogP contribution is -2.49. The van der Waals surface area contributed by atoms with Gasteiger partial charge in [0.15, 0.2) is 0 Å². The molecule has 3 aromatic carbocycles. The molecule has 1 heterocycles. The number of nitrogens with zero attached hydrogens (tertiary/aromatic N) is 1. The first-order chi connectivity index (χ1) is 16.9. The molecule has 6 N–H and O–H groups in total. The van der Waals surface area contributed by atoms with Crippen molar-refractivity contribution in [2.45, 2.75) is 56.8 Å². The molecule has 0 saturated heterocycles. The predicted molar refractivity (Wildman–Crippen MR) is 140 cm³/mol. The van der Waals surface area contributed by atoms with Crippen LogP contribution >= 0.6 is 0 Å². The van der Waals surface area contributed by atoms with Crippen LogP contribution in [0.3, 0.4) is 0 Å². The monoisotopic (exact) mass is 471 g/mol. The number of rotatable bonds is 6. The number of fused-ring (bicyclic) bond motifs is 2. The van der Waals surface area contributed by atoms with Crippen molar-refractivity contribution in [2.75, 3.05) is 12.0 Å². The quantitative estimate of drug-likeness (QED) is 0.324. The highest BCUT2D eigenvalue weighted by atomic mass is 16.5. The molecule has 1 amide bonds. The lowest BCUT2D eigenvalue weighted by molar-refractivity contribution is -0.123. The lowest BCUT2D eigenvalue weighted by Gasteiger charge is -2.31. The van der Waals surface area contributed by atoms with E-state index in [9.17, 15) is 4.79 Å². The standard InChI is InChI=1S/C28H33N5O2/c1-35-23-12-17-4-2-3-5-24(17)20(13-23)16-33-25-15-19(27(30)31)7-6-18(25)14-26(33)28(34)32-22-10-8-21(29)9-11-22/h2-7,12-13,15,21-22,26H,8-11,14,16,29H2,1H3,(H3,30,31)(H,32,34). The van der Waals surface area contributed by atoms with Crippen LogP contribution in [0.4, 0.5) is 5.69 Å². The van der Waals surface area contributed by atoms with Gasteiger partial charge in [0.25, 0.3) is 0 Å². The smallest absolute Gasteiger partial charge is 0.243 e. The molecule has 0 aromatic heterocycles. The summed E-state index contributed by atoms with van der Waals surface area (Å²) in [4.78, 5) is 15.8. The summed E-state index contributed by atoms with van der Waals surface area (Å²) in [6, 6.07) is 18.2. The van der Waals surface area contributed by atoms with Crippen LogP contribution in [0.25, 0.3) is 10.8 Å². The normalized spacial score (nSPS) is 21.5. The van der Waals surface area contributed by atoms with E-state index in [2.05, 4.69) is 22.3 Å². The topological polar surface area (TPSA) is 117 Å². The van der Waals surface area contributed by atoms with Gasteiger partial charge in [-0.3, -0.25) is 10.2 Å². The van der Waals surface area contributed by atoms with Crippen LogP contribution in [0.15, 0.2) is 54.6 Å². The summed E-state index contributed by atoms with van der Waals surface area (Å²) in [5, 5.41) is 13.4. The first-order valence-corrected chi connectivity index (χ1v) is 12.3. The summed E-state index contributed by atoms with van der Waals surface area (Å²) in [6.07, 6.45) is 4.34. The summed E-state index contributed by atoms with van der Waals surface area (Å²) < 4.78 is 5.58. The lowest BCUT2D eigenvalue weighted by atomic mass is 9.91. The Bertz CT molecular complexity index is 1270. The van der Waals surface area contributed by atoms with Crippen molar-refractivity contribution in [3.63, 3.8) is 0 Å².